The Morgan fingerprint density at radius 3 is 2.17 bits per heavy atom. The van der Waals surface area contributed by atoms with Gasteiger partial charge in [-0.1, -0.05) is 48.5 Å². The zero-order valence-corrected chi connectivity index (χ0v) is 19.7. The second kappa shape index (κ2) is 8.73. The molecule has 0 aromatic heterocycles. The van der Waals surface area contributed by atoms with Gasteiger partial charge < -0.3 is 9.84 Å². The molecule has 8 nitrogen and oxygen atoms in total. The number of nitrogens with one attached hydrogen (secondary N) is 1. The number of methoxy groups -OCH3 is 1. The van der Waals surface area contributed by atoms with Gasteiger partial charge in [0.2, 0.25) is 11.8 Å². The van der Waals surface area contributed by atoms with Crippen molar-refractivity contribution >= 4 is 29.3 Å². The Kier molecular flexibility index (Phi) is 5.68. The van der Waals surface area contributed by atoms with Gasteiger partial charge in [-0.2, -0.15) is 0 Å². The third-order valence-electron chi connectivity index (χ3n) is 7.13. The van der Waals surface area contributed by atoms with Gasteiger partial charge in [0.05, 0.1) is 24.6 Å². The Morgan fingerprint density at radius 1 is 0.917 bits per heavy atom. The number of ether oxygens (including phenoxy) is 1. The molecular weight excluding hydrogens is 460 g/mol. The van der Waals surface area contributed by atoms with Gasteiger partial charge in [-0.3, -0.25) is 19.7 Å². The summed E-state index contributed by atoms with van der Waals surface area (Å²) in [4.78, 5) is 53.6. The van der Waals surface area contributed by atoms with Crippen molar-refractivity contribution in [3.8, 4) is 5.75 Å². The average molecular weight is 485 g/mol. The van der Waals surface area contributed by atoms with Crippen molar-refractivity contribution in [2.45, 2.75) is 18.5 Å². The minimum Gasteiger partial charge on any atom is -0.496 e. The number of anilines is 1. The van der Waals surface area contributed by atoms with Gasteiger partial charge in [-0.15, -0.1) is 0 Å². The molecule has 4 atom stereocenters. The summed E-state index contributed by atoms with van der Waals surface area (Å²) in [6.07, 6.45) is 0. The number of amides is 2. The minimum atomic E-state index is -1.85. The molecule has 5 rings (SSSR count). The van der Waals surface area contributed by atoms with E-state index in [0.717, 1.165) is 4.90 Å². The SMILES string of the molecule is COc1ccccc1C1NC(C(=O)O)(c2ccccc2)C2C(=O)N(c3ccc(C(C)=O)cc3)C(=O)C12. The number of ketones is 1. The van der Waals surface area contributed by atoms with Crippen LogP contribution in [0.1, 0.15) is 34.5 Å². The molecule has 0 bridgehead atoms. The highest BCUT2D eigenvalue weighted by molar-refractivity contribution is 6.24. The molecule has 2 fully saturated rings. The summed E-state index contributed by atoms with van der Waals surface area (Å²) >= 11 is 0. The molecule has 36 heavy (non-hydrogen) atoms. The van der Waals surface area contributed by atoms with E-state index in [4.69, 9.17) is 4.74 Å². The van der Waals surface area contributed by atoms with Crippen LogP contribution in [0.3, 0.4) is 0 Å². The first-order valence-electron chi connectivity index (χ1n) is 11.5. The summed E-state index contributed by atoms with van der Waals surface area (Å²) in [5, 5.41) is 13.8. The van der Waals surface area contributed by atoms with Crippen LogP contribution in [0.4, 0.5) is 5.69 Å². The van der Waals surface area contributed by atoms with Crippen LogP contribution in [0.25, 0.3) is 0 Å². The maximum atomic E-state index is 13.9. The predicted octanol–water partition coefficient (Wildman–Crippen LogP) is 3.33. The molecule has 2 heterocycles. The molecule has 3 aromatic carbocycles. The first-order valence-corrected chi connectivity index (χ1v) is 11.5. The van der Waals surface area contributed by atoms with Crippen molar-refractivity contribution in [2.75, 3.05) is 12.0 Å². The van der Waals surface area contributed by atoms with Gasteiger partial charge in [-0.05, 0) is 42.8 Å². The Labute approximate surface area is 207 Å². The van der Waals surface area contributed by atoms with Crippen molar-refractivity contribution in [1.82, 2.24) is 5.32 Å². The number of carbonyl (C=O) groups is 4. The summed E-state index contributed by atoms with van der Waals surface area (Å²) in [5.41, 5.74) is -0.159. The lowest BCUT2D eigenvalue weighted by atomic mass is 9.75. The van der Waals surface area contributed by atoms with Crippen molar-refractivity contribution in [1.29, 1.82) is 0 Å². The van der Waals surface area contributed by atoms with E-state index in [1.165, 1.54) is 26.2 Å². The molecule has 4 unspecified atom stereocenters. The van der Waals surface area contributed by atoms with E-state index >= 15 is 0 Å². The van der Waals surface area contributed by atoms with Crippen molar-refractivity contribution in [3.05, 3.63) is 95.6 Å². The zero-order valence-electron chi connectivity index (χ0n) is 19.7. The molecule has 0 spiro atoms. The molecule has 2 N–H and O–H groups in total. The number of carbonyl (C=O) groups excluding carboxylic acids is 3. The monoisotopic (exact) mass is 484 g/mol. The fourth-order valence-electron chi connectivity index (χ4n) is 5.48. The maximum absolute atomic E-state index is 13.9. The summed E-state index contributed by atoms with van der Waals surface area (Å²) in [7, 11) is 1.50. The minimum absolute atomic E-state index is 0.146. The molecule has 2 aliphatic rings. The van der Waals surface area contributed by atoms with Gasteiger partial charge in [0.1, 0.15) is 5.75 Å². The van der Waals surface area contributed by atoms with Crippen molar-refractivity contribution in [2.24, 2.45) is 11.8 Å². The Balaban J connectivity index is 1.70. The van der Waals surface area contributed by atoms with E-state index in [1.807, 2.05) is 0 Å². The molecular formula is C28H24N2O6. The smallest absolute Gasteiger partial charge is 0.329 e. The van der Waals surface area contributed by atoms with E-state index < -0.39 is 41.2 Å². The topological polar surface area (TPSA) is 113 Å². The van der Waals surface area contributed by atoms with Crippen molar-refractivity contribution < 1.29 is 29.0 Å². The van der Waals surface area contributed by atoms with E-state index in [1.54, 1.807) is 66.7 Å². The van der Waals surface area contributed by atoms with Gasteiger partial charge in [0.25, 0.3) is 0 Å². The standard InChI is InChI=1S/C28H24N2O6/c1-16(31)17-12-14-19(15-13-17)30-25(32)22-23(26(30)33)28(27(34)35,18-8-4-3-5-9-18)29-24(22)20-10-6-7-11-21(20)36-2/h3-15,22-24,29H,1-2H3,(H,34,35). The van der Waals surface area contributed by atoms with E-state index in [2.05, 4.69) is 5.32 Å². The average Bonchev–Trinajstić information content (AvgIpc) is 3.39. The number of hydrogen-bond acceptors (Lipinski definition) is 6. The van der Waals surface area contributed by atoms with E-state index in [0.29, 0.717) is 22.4 Å². The van der Waals surface area contributed by atoms with Crippen LogP contribution in [0.5, 0.6) is 5.75 Å². The largest absolute Gasteiger partial charge is 0.496 e. The van der Waals surface area contributed by atoms with Crippen LogP contribution in [-0.4, -0.2) is 35.8 Å². The van der Waals surface area contributed by atoms with Crippen LogP contribution < -0.4 is 15.0 Å². The van der Waals surface area contributed by atoms with Crippen molar-refractivity contribution in [3.63, 3.8) is 0 Å². The van der Waals surface area contributed by atoms with Crippen LogP contribution >= 0.6 is 0 Å². The number of Topliss-reactive ketones (excluding diaryl/α,β-unsaturated/α-hetero) is 1. The quantitative estimate of drug-likeness (QED) is 0.408. The number of rotatable bonds is 6. The second-order valence-electron chi connectivity index (χ2n) is 8.96. The molecule has 8 heteroatoms. The van der Waals surface area contributed by atoms with E-state index in [9.17, 15) is 24.3 Å². The fraction of sp³-hybridized carbons (Fsp3) is 0.214. The van der Waals surface area contributed by atoms with E-state index in [-0.39, 0.29) is 11.5 Å². The lowest BCUT2D eigenvalue weighted by molar-refractivity contribution is -0.149. The fourth-order valence-corrected chi connectivity index (χ4v) is 5.48. The normalized spacial score (nSPS) is 25.1. The molecule has 0 aliphatic carbocycles. The molecule has 2 amide bonds. The van der Waals surface area contributed by atoms with Gasteiger partial charge in [-0.25, -0.2) is 9.69 Å². The highest BCUT2D eigenvalue weighted by atomic mass is 16.5. The lowest BCUT2D eigenvalue weighted by Crippen LogP contribution is -2.53. The molecule has 182 valence electrons. The predicted molar refractivity (Wildman–Crippen MR) is 131 cm³/mol. The number of carboxylic acids is 1. The number of aliphatic carboxylic acids is 1. The summed E-state index contributed by atoms with van der Waals surface area (Å²) < 4.78 is 5.52. The van der Waals surface area contributed by atoms with Crippen LogP contribution in [0.15, 0.2) is 78.9 Å². The Hall–Kier alpha value is -4.30. The number of benzene rings is 3. The second-order valence-corrected chi connectivity index (χ2v) is 8.96. The highest BCUT2D eigenvalue weighted by Crippen LogP contribution is 2.54. The van der Waals surface area contributed by atoms with Crippen LogP contribution in [0.2, 0.25) is 0 Å². The summed E-state index contributed by atoms with van der Waals surface area (Å²) in [6, 6.07) is 20.8. The van der Waals surface area contributed by atoms with Gasteiger partial charge in [0.15, 0.2) is 11.3 Å². The molecule has 0 saturated carbocycles. The summed E-state index contributed by atoms with van der Waals surface area (Å²) in [6.45, 7) is 1.43. The third kappa shape index (κ3) is 3.33. The van der Waals surface area contributed by atoms with Gasteiger partial charge in [0, 0.05) is 17.2 Å². The molecule has 2 saturated heterocycles. The number of imide groups is 1. The van der Waals surface area contributed by atoms with Gasteiger partial charge >= 0.3 is 5.97 Å². The first-order chi connectivity index (χ1) is 17.3. The Bertz CT molecular complexity index is 1370. The number of para-hydroxylation sites is 1. The third-order valence-corrected chi connectivity index (χ3v) is 7.13. The highest BCUT2D eigenvalue weighted by Gasteiger charge is 2.69. The Morgan fingerprint density at radius 2 is 1.56 bits per heavy atom. The maximum Gasteiger partial charge on any atom is 0.329 e. The molecule has 2 aliphatic heterocycles. The lowest BCUT2D eigenvalue weighted by Gasteiger charge is -2.31. The number of carboxylic acid groups (broad SMARTS) is 1. The molecule has 3 aromatic rings. The zero-order chi connectivity index (χ0) is 25.6. The first kappa shape index (κ1) is 23.4. The number of nitrogens with zero attached hydrogens (tertiary/aromatic N) is 1. The number of fused-ring (bicyclic) bond motifs is 1. The van der Waals surface area contributed by atoms with Crippen LogP contribution in [0, 0.1) is 11.8 Å². The van der Waals surface area contributed by atoms with Crippen LogP contribution in [-0.2, 0) is 19.9 Å². The summed E-state index contributed by atoms with van der Waals surface area (Å²) in [5.74, 6) is -4.26. The molecule has 0 radical (unpaired) electrons. The number of hydrogen-bond donors (Lipinski definition) is 2.